The van der Waals surface area contributed by atoms with Gasteiger partial charge in [-0.1, -0.05) is 18.2 Å². The largest absolute Gasteiger partial charge is 0.493 e. The predicted octanol–water partition coefficient (Wildman–Crippen LogP) is 3.37. The highest BCUT2D eigenvalue weighted by atomic mass is 32.2. The Bertz CT molecular complexity index is 1150. The minimum Gasteiger partial charge on any atom is -0.493 e. The molecule has 1 atom stereocenters. The van der Waals surface area contributed by atoms with Crippen molar-refractivity contribution in [2.75, 3.05) is 39.3 Å². The molecular formula is C23H28N2O4S. The van der Waals surface area contributed by atoms with Crippen molar-refractivity contribution in [3.8, 4) is 11.5 Å². The van der Waals surface area contributed by atoms with Gasteiger partial charge >= 0.3 is 0 Å². The molecule has 160 valence electrons. The number of hydrogen-bond acceptors (Lipinski definition) is 5. The first-order chi connectivity index (χ1) is 14.4. The van der Waals surface area contributed by atoms with E-state index in [1.807, 2.05) is 12.1 Å². The lowest BCUT2D eigenvalue weighted by Gasteiger charge is -2.38. The van der Waals surface area contributed by atoms with Crippen molar-refractivity contribution >= 4 is 20.7 Å². The number of nitrogens with one attached hydrogen (secondary N) is 1. The summed E-state index contributed by atoms with van der Waals surface area (Å²) in [6.07, 6.45) is 5.00. The van der Waals surface area contributed by atoms with Crippen molar-refractivity contribution in [1.82, 2.24) is 9.88 Å². The third-order valence-corrected chi connectivity index (χ3v) is 6.88. The maximum absolute atomic E-state index is 11.8. The molecule has 0 radical (unpaired) electrons. The Hall–Kier alpha value is -2.51. The van der Waals surface area contributed by atoms with E-state index in [9.17, 15) is 8.42 Å². The second-order valence-electron chi connectivity index (χ2n) is 7.90. The van der Waals surface area contributed by atoms with E-state index >= 15 is 0 Å². The van der Waals surface area contributed by atoms with Crippen molar-refractivity contribution in [2.24, 2.45) is 0 Å². The molecule has 1 N–H and O–H groups in total. The standard InChI is InChI=1S/C23H28N2O4S/c1-28-22-13-16-8-9-25(10-11-30(3,26)27)21(19(16)14-23(22)29-2)12-17-15-24-20-7-5-4-6-18(17)20/h4-7,13-15,21,24H,8-12H2,1-3H3. The molecule has 1 unspecified atom stereocenters. The molecule has 6 nitrogen and oxygen atoms in total. The van der Waals surface area contributed by atoms with Crippen molar-refractivity contribution in [2.45, 2.75) is 18.9 Å². The minimum absolute atomic E-state index is 0.0644. The van der Waals surface area contributed by atoms with Crippen LogP contribution in [0.15, 0.2) is 42.6 Å². The van der Waals surface area contributed by atoms with Crippen LogP contribution in [-0.2, 0) is 22.7 Å². The van der Waals surface area contributed by atoms with Crippen LogP contribution in [0.1, 0.15) is 22.7 Å². The second kappa shape index (κ2) is 8.32. The van der Waals surface area contributed by atoms with Crippen LogP contribution in [0.3, 0.4) is 0 Å². The number of hydrogen-bond donors (Lipinski definition) is 1. The molecule has 0 aliphatic carbocycles. The number of nitrogens with zero attached hydrogens (tertiary/aromatic N) is 1. The summed E-state index contributed by atoms with van der Waals surface area (Å²) in [6, 6.07) is 12.4. The maximum atomic E-state index is 11.8. The molecular weight excluding hydrogens is 400 g/mol. The highest BCUT2D eigenvalue weighted by Crippen LogP contribution is 2.40. The summed E-state index contributed by atoms with van der Waals surface area (Å²) in [6.45, 7) is 1.32. The van der Waals surface area contributed by atoms with Gasteiger partial charge in [-0.15, -0.1) is 0 Å². The zero-order chi connectivity index (χ0) is 21.3. The third-order valence-electron chi connectivity index (χ3n) is 5.95. The molecule has 1 aromatic heterocycles. The normalized spacial score (nSPS) is 17.1. The highest BCUT2D eigenvalue weighted by Gasteiger charge is 2.30. The quantitative estimate of drug-likeness (QED) is 0.625. The molecule has 30 heavy (non-hydrogen) atoms. The molecule has 1 aliphatic heterocycles. The molecule has 7 heteroatoms. The molecule has 0 saturated heterocycles. The van der Waals surface area contributed by atoms with Crippen LogP contribution in [0.5, 0.6) is 11.5 Å². The topological polar surface area (TPSA) is 71.6 Å². The highest BCUT2D eigenvalue weighted by molar-refractivity contribution is 7.90. The molecule has 0 bridgehead atoms. The zero-order valence-corrected chi connectivity index (χ0v) is 18.5. The van der Waals surface area contributed by atoms with Crippen molar-refractivity contribution in [1.29, 1.82) is 0 Å². The summed E-state index contributed by atoms with van der Waals surface area (Å²) in [7, 11) is 0.253. The van der Waals surface area contributed by atoms with Crippen molar-refractivity contribution < 1.29 is 17.9 Å². The number of aromatic nitrogens is 1. The summed E-state index contributed by atoms with van der Waals surface area (Å²) in [5, 5.41) is 1.20. The number of sulfone groups is 1. The summed E-state index contributed by atoms with van der Waals surface area (Å²) >= 11 is 0. The number of para-hydroxylation sites is 1. The average Bonchev–Trinajstić information content (AvgIpc) is 3.14. The maximum Gasteiger partial charge on any atom is 0.161 e. The van der Waals surface area contributed by atoms with E-state index in [1.165, 1.54) is 28.3 Å². The Kier molecular flexibility index (Phi) is 5.75. The van der Waals surface area contributed by atoms with Crippen LogP contribution >= 0.6 is 0 Å². The number of H-pyrrole nitrogens is 1. The number of aromatic amines is 1. The van der Waals surface area contributed by atoms with E-state index < -0.39 is 9.84 Å². The van der Waals surface area contributed by atoms with E-state index in [-0.39, 0.29) is 11.8 Å². The number of methoxy groups -OCH3 is 2. The minimum atomic E-state index is -3.04. The van der Waals surface area contributed by atoms with Gasteiger partial charge < -0.3 is 14.5 Å². The SMILES string of the molecule is COc1cc2c(cc1OC)C(Cc1c[nH]c3ccccc13)N(CCS(C)(=O)=O)CC2. The fraction of sp³-hybridized carbons (Fsp3) is 0.391. The molecule has 3 aromatic rings. The molecule has 2 heterocycles. The van der Waals surface area contributed by atoms with Crippen LogP contribution in [0.25, 0.3) is 10.9 Å². The molecule has 1 aliphatic rings. The first kappa shape index (κ1) is 20.8. The summed E-state index contributed by atoms with van der Waals surface area (Å²) in [5.41, 5.74) is 4.74. The molecule has 0 spiro atoms. The molecule has 4 rings (SSSR count). The van der Waals surface area contributed by atoms with Gasteiger partial charge in [-0.2, -0.15) is 0 Å². The fourth-order valence-corrected chi connectivity index (χ4v) is 4.94. The van der Waals surface area contributed by atoms with Crippen LogP contribution < -0.4 is 9.47 Å². The van der Waals surface area contributed by atoms with E-state index in [0.29, 0.717) is 12.3 Å². The Morgan fingerprint density at radius 2 is 1.87 bits per heavy atom. The molecule has 0 fully saturated rings. The van der Waals surface area contributed by atoms with Crippen LogP contribution in [0.4, 0.5) is 0 Å². The van der Waals surface area contributed by atoms with Gasteiger partial charge in [0.2, 0.25) is 0 Å². The van der Waals surface area contributed by atoms with Crippen LogP contribution in [0.2, 0.25) is 0 Å². The van der Waals surface area contributed by atoms with Gasteiger partial charge in [-0.05, 0) is 47.7 Å². The van der Waals surface area contributed by atoms with Crippen molar-refractivity contribution in [3.63, 3.8) is 0 Å². The Morgan fingerprint density at radius 1 is 1.13 bits per heavy atom. The second-order valence-corrected chi connectivity index (χ2v) is 10.2. The smallest absolute Gasteiger partial charge is 0.161 e. The summed E-state index contributed by atoms with van der Waals surface area (Å²) in [5.74, 6) is 1.58. The number of fused-ring (bicyclic) bond motifs is 2. The van der Waals surface area contributed by atoms with Gasteiger partial charge in [0.25, 0.3) is 0 Å². The van der Waals surface area contributed by atoms with Gasteiger partial charge in [0.15, 0.2) is 11.5 Å². The van der Waals surface area contributed by atoms with Gasteiger partial charge in [0.1, 0.15) is 9.84 Å². The lowest BCUT2D eigenvalue weighted by atomic mass is 9.88. The van der Waals surface area contributed by atoms with Gasteiger partial charge in [-0.3, -0.25) is 4.90 Å². The van der Waals surface area contributed by atoms with E-state index in [0.717, 1.165) is 30.7 Å². The van der Waals surface area contributed by atoms with E-state index in [4.69, 9.17) is 9.47 Å². The number of rotatable bonds is 7. The first-order valence-electron chi connectivity index (χ1n) is 10.1. The lowest BCUT2D eigenvalue weighted by Crippen LogP contribution is -2.39. The Morgan fingerprint density at radius 3 is 2.60 bits per heavy atom. The summed E-state index contributed by atoms with van der Waals surface area (Å²) < 4.78 is 34.7. The Balaban J connectivity index is 1.75. The first-order valence-corrected chi connectivity index (χ1v) is 12.2. The van der Waals surface area contributed by atoms with E-state index in [2.05, 4.69) is 40.3 Å². The lowest BCUT2D eigenvalue weighted by molar-refractivity contribution is 0.194. The Labute approximate surface area is 177 Å². The van der Waals surface area contributed by atoms with Crippen LogP contribution in [-0.4, -0.2) is 57.6 Å². The summed E-state index contributed by atoms with van der Waals surface area (Å²) in [4.78, 5) is 5.64. The van der Waals surface area contributed by atoms with E-state index in [1.54, 1.807) is 14.2 Å². The predicted molar refractivity (Wildman–Crippen MR) is 119 cm³/mol. The van der Waals surface area contributed by atoms with Gasteiger partial charge in [0, 0.05) is 42.5 Å². The van der Waals surface area contributed by atoms with Crippen molar-refractivity contribution in [3.05, 3.63) is 59.3 Å². The molecule has 0 saturated carbocycles. The number of benzene rings is 2. The average molecular weight is 429 g/mol. The third kappa shape index (κ3) is 4.18. The molecule has 2 aromatic carbocycles. The number of ether oxygens (including phenoxy) is 2. The monoisotopic (exact) mass is 428 g/mol. The van der Waals surface area contributed by atoms with Gasteiger partial charge in [-0.25, -0.2) is 8.42 Å². The van der Waals surface area contributed by atoms with Gasteiger partial charge in [0.05, 0.1) is 20.0 Å². The zero-order valence-electron chi connectivity index (χ0n) is 17.6. The molecule has 0 amide bonds. The fourth-order valence-electron chi connectivity index (χ4n) is 4.38. The van der Waals surface area contributed by atoms with Crippen LogP contribution in [0, 0.1) is 0 Å².